The quantitative estimate of drug-likeness (QED) is 0.0329. The Hall–Kier alpha value is -4.50. The molecular weight excluding hydrogens is 794 g/mol. The van der Waals surface area contributed by atoms with E-state index in [2.05, 4.69) is 58.4 Å². The van der Waals surface area contributed by atoms with Gasteiger partial charge in [-0.15, -0.1) is 21.5 Å². The molecule has 12 nitrogen and oxygen atoms in total. The van der Waals surface area contributed by atoms with E-state index < -0.39 is 19.9 Å². The Morgan fingerprint density at radius 3 is 2.57 bits per heavy atom. The number of ether oxygens (including phenoxy) is 4. The van der Waals surface area contributed by atoms with Crippen molar-refractivity contribution in [1.29, 1.82) is 0 Å². The molecule has 58 heavy (non-hydrogen) atoms. The number of fused-ring (bicyclic) bond motifs is 1. The lowest BCUT2D eigenvalue weighted by Gasteiger charge is -2.20. The number of nitrogens with zero attached hydrogens (tertiary/aromatic N) is 7. The molecule has 0 amide bonds. The molecule has 0 saturated heterocycles. The monoisotopic (exact) mass is 847 g/mol. The Kier molecular flexibility index (Phi) is 16.5. The minimum atomic E-state index is -1.24. The highest BCUT2D eigenvalue weighted by atomic mass is 32.1. The third-order valence-corrected chi connectivity index (χ3v) is 12.6. The normalized spacial score (nSPS) is 11.9. The average Bonchev–Trinajstić information content (AvgIpc) is 3.76. The molecule has 0 aliphatic heterocycles. The average molecular weight is 848 g/mol. The van der Waals surface area contributed by atoms with Gasteiger partial charge in [0.1, 0.15) is 6.73 Å². The van der Waals surface area contributed by atoms with Crippen molar-refractivity contribution in [3.63, 3.8) is 0 Å². The van der Waals surface area contributed by atoms with E-state index in [0.29, 0.717) is 74.6 Å². The van der Waals surface area contributed by atoms with E-state index >= 15 is 0 Å². The maximum Gasteiger partial charge on any atom is 0.358 e. The zero-order valence-corrected chi connectivity index (χ0v) is 37.4. The number of carbonyl (C=O) groups excluding carboxylic acids is 1. The third-order valence-electron chi connectivity index (χ3n) is 8.71. The third kappa shape index (κ3) is 12.7. The van der Waals surface area contributed by atoms with Crippen molar-refractivity contribution in [3.05, 3.63) is 80.8 Å². The summed E-state index contributed by atoms with van der Waals surface area (Å²) in [5, 5.41) is 9.81. The molecule has 3 heterocycles. The Bertz CT molecular complexity index is 2280. The molecule has 0 atom stereocenters. The van der Waals surface area contributed by atoms with Gasteiger partial charge >= 0.3 is 5.97 Å². The molecule has 0 radical (unpaired) electrons. The molecule has 0 aliphatic rings. The summed E-state index contributed by atoms with van der Waals surface area (Å²) in [6, 6.07) is 15.9. The van der Waals surface area contributed by atoms with Crippen LogP contribution in [0.15, 0.2) is 53.5 Å². The molecule has 0 N–H and O–H groups in total. The number of anilines is 2. The van der Waals surface area contributed by atoms with Crippen LogP contribution in [0.2, 0.25) is 25.7 Å². The molecule has 5 aromatic rings. The predicted molar refractivity (Wildman–Crippen MR) is 233 cm³/mol. The van der Waals surface area contributed by atoms with Crippen LogP contribution in [-0.2, 0) is 27.4 Å². The maximum atomic E-state index is 14.8. The van der Waals surface area contributed by atoms with Gasteiger partial charge in [0.05, 0.1) is 30.0 Å². The molecular formula is C42H54FN7O5S2Si. The molecule has 0 unspecified atom stereocenters. The first-order valence-electron chi connectivity index (χ1n) is 19.4. The Labute approximate surface area is 349 Å². The summed E-state index contributed by atoms with van der Waals surface area (Å²) in [6.07, 6.45) is 1.65. The number of hydrogen-bond acceptors (Lipinski definition) is 13. The van der Waals surface area contributed by atoms with E-state index in [1.165, 1.54) is 17.4 Å². The van der Waals surface area contributed by atoms with Crippen LogP contribution in [0.25, 0.3) is 10.2 Å². The number of halogens is 1. The van der Waals surface area contributed by atoms with Gasteiger partial charge in [-0.05, 0) is 95.2 Å². The largest absolute Gasteiger partial charge is 0.491 e. The van der Waals surface area contributed by atoms with Gasteiger partial charge in [-0.2, -0.15) is 4.99 Å². The Morgan fingerprint density at radius 2 is 1.84 bits per heavy atom. The van der Waals surface area contributed by atoms with Gasteiger partial charge in [0.25, 0.3) is 0 Å². The fraction of sp³-hybridized carbons (Fsp3) is 0.452. The number of para-hydroxylation sites is 1. The summed E-state index contributed by atoms with van der Waals surface area (Å²) in [4.78, 5) is 28.3. The molecule has 2 aromatic carbocycles. The van der Waals surface area contributed by atoms with Crippen LogP contribution in [-0.4, -0.2) is 99.4 Å². The highest BCUT2D eigenvalue weighted by molar-refractivity contribution is 7.16. The smallest absolute Gasteiger partial charge is 0.358 e. The molecule has 3 aromatic heterocycles. The van der Waals surface area contributed by atoms with Crippen LogP contribution in [0.4, 0.5) is 21.2 Å². The number of carbonyl (C=O) groups is 1. The number of rotatable bonds is 20. The van der Waals surface area contributed by atoms with Crippen LogP contribution < -0.4 is 14.4 Å². The second-order valence-corrected chi connectivity index (χ2v) is 22.8. The van der Waals surface area contributed by atoms with Gasteiger partial charge in [-0.3, -0.25) is 9.47 Å². The van der Waals surface area contributed by atoms with Crippen molar-refractivity contribution in [3.8, 4) is 17.6 Å². The molecule has 0 fully saturated rings. The zero-order valence-electron chi connectivity index (χ0n) is 34.8. The predicted octanol–water partition coefficient (Wildman–Crippen LogP) is 8.22. The summed E-state index contributed by atoms with van der Waals surface area (Å²) in [5.41, 5.74) is 2.70. The summed E-state index contributed by atoms with van der Waals surface area (Å²) >= 11 is 2.97. The molecule has 5 rings (SSSR count). The van der Waals surface area contributed by atoms with E-state index in [1.54, 1.807) is 37.5 Å². The summed E-state index contributed by atoms with van der Waals surface area (Å²) < 4.78 is 40.8. The van der Waals surface area contributed by atoms with Crippen molar-refractivity contribution < 1.29 is 28.1 Å². The summed E-state index contributed by atoms with van der Waals surface area (Å²) in [7, 11) is 4.27. The molecule has 0 aliphatic carbocycles. The van der Waals surface area contributed by atoms with Crippen LogP contribution in [0.1, 0.15) is 46.3 Å². The van der Waals surface area contributed by atoms with E-state index in [-0.39, 0.29) is 24.7 Å². The minimum absolute atomic E-state index is 0.148. The Morgan fingerprint density at radius 1 is 1.03 bits per heavy atom. The van der Waals surface area contributed by atoms with Gasteiger partial charge in [-0.25, -0.2) is 14.2 Å². The highest BCUT2D eigenvalue weighted by Gasteiger charge is 2.24. The first-order chi connectivity index (χ1) is 27.9. The van der Waals surface area contributed by atoms with Crippen LogP contribution in [0, 0.1) is 24.6 Å². The Balaban J connectivity index is 1.37. The summed E-state index contributed by atoms with van der Waals surface area (Å²) in [6.45, 7) is 13.9. The van der Waals surface area contributed by atoms with Crippen LogP contribution in [0.5, 0.6) is 5.75 Å². The second-order valence-electron chi connectivity index (χ2n) is 15.1. The van der Waals surface area contributed by atoms with Crippen molar-refractivity contribution in [2.75, 3.05) is 65.6 Å². The van der Waals surface area contributed by atoms with Crippen molar-refractivity contribution in [2.45, 2.75) is 65.5 Å². The van der Waals surface area contributed by atoms with Crippen molar-refractivity contribution in [2.24, 2.45) is 4.99 Å². The van der Waals surface area contributed by atoms with Gasteiger partial charge in [0, 0.05) is 45.4 Å². The van der Waals surface area contributed by atoms with Gasteiger partial charge in [-0.1, -0.05) is 55.0 Å². The van der Waals surface area contributed by atoms with Gasteiger partial charge < -0.3 is 23.8 Å². The standard InChI is InChI=1S/C42H54FN7O5S2Si/c1-9-54-40(51)38-36(18-13-24-55-34-20-19-31(28-32(34)43)15-12-21-48(3)4)57-41(44-38)49(22-14-23-52-5)37-27-30(2)39(47-46-37)45-42-50(29-53-25-26-58(6,7)8)33-16-10-11-17-35(33)56-42/h10-11,16-17,19-20,27-28H,9,13-14,18,21-26,29H2,1-8H3/b45-42-. The maximum absolute atomic E-state index is 14.8. The SMILES string of the molecule is CCOC(=O)c1nc(N(CCCOC)c2cc(C)c(/N=c3\sc4ccccc4n3COCC[Si](C)(C)C)nn2)sc1CCCOc1ccc(C#CCN(C)C)cc1F. The summed E-state index contributed by atoms with van der Waals surface area (Å²) in [5.74, 6) is 6.20. The van der Waals surface area contributed by atoms with E-state index in [9.17, 15) is 9.18 Å². The molecule has 0 bridgehead atoms. The van der Waals surface area contributed by atoms with Crippen molar-refractivity contribution >= 4 is 63.7 Å². The number of aromatic nitrogens is 4. The molecule has 310 valence electrons. The van der Waals surface area contributed by atoms with Crippen LogP contribution in [0.3, 0.4) is 0 Å². The van der Waals surface area contributed by atoms with Gasteiger partial charge in [0.2, 0.25) is 0 Å². The molecule has 0 spiro atoms. The topological polar surface area (TPSA) is 116 Å². The van der Waals surface area contributed by atoms with E-state index in [1.807, 2.05) is 49.0 Å². The van der Waals surface area contributed by atoms with Gasteiger partial charge in [0.15, 0.2) is 38.8 Å². The minimum Gasteiger partial charge on any atom is -0.491 e. The first kappa shape index (κ1) is 44.6. The fourth-order valence-electron chi connectivity index (χ4n) is 5.63. The van der Waals surface area contributed by atoms with E-state index in [4.69, 9.17) is 28.9 Å². The fourth-order valence-corrected chi connectivity index (χ4v) is 8.53. The number of aryl methyl sites for hydroxylation is 2. The lowest BCUT2D eigenvalue weighted by atomic mass is 10.2. The molecule has 16 heteroatoms. The second kappa shape index (κ2) is 21.5. The number of hydrogen-bond donors (Lipinski definition) is 0. The number of thiazole rings is 2. The first-order valence-corrected chi connectivity index (χ1v) is 24.7. The van der Waals surface area contributed by atoms with Crippen LogP contribution >= 0.6 is 22.7 Å². The van der Waals surface area contributed by atoms with Crippen molar-refractivity contribution in [1.82, 2.24) is 24.6 Å². The lowest BCUT2D eigenvalue weighted by Crippen LogP contribution is -2.23. The number of methoxy groups -OCH3 is 1. The zero-order chi connectivity index (χ0) is 41.7. The van der Waals surface area contributed by atoms with E-state index in [0.717, 1.165) is 31.5 Å². The molecule has 0 saturated carbocycles. The lowest BCUT2D eigenvalue weighted by molar-refractivity contribution is 0.0519. The number of benzene rings is 2. The number of esters is 1. The highest BCUT2D eigenvalue weighted by Crippen LogP contribution is 2.34.